The molecule has 0 atom stereocenters. The maximum Gasteiger partial charge on any atom is 0.261 e. The monoisotopic (exact) mass is 377 g/mol. The van der Waals surface area contributed by atoms with Gasteiger partial charge in [-0.05, 0) is 56.1 Å². The third-order valence-corrected chi connectivity index (χ3v) is 5.37. The Labute approximate surface area is 163 Å². The predicted octanol–water partition coefficient (Wildman–Crippen LogP) is 2.01. The molecule has 0 unspecified atom stereocenters. The van der Waals surface area contributed by atoms with E-state index in [2.05, 4.69) is 10.6 Å². The largest absolute Gasteiger partial charge is 0.349 e. The van der Waals surface area contributed by atoms with Gasteiger partial charge in [0.25, 0.3) is 17.7 Å². The highest BCUT2D eigenvalue weighted by Gasteiger charge is 2.35. The summed E-state index contributed by atoms with van der Waals surface area (Å²) in [5.74, 6) is -0.814. The van der Waals surface area contributed by atoms with Crippen LogP contribution in [0.15, 0.2) is 48.5 Å². The number of benzene rings is 2. The number of nitrogens with zero attached hydrogens (tertiary/aromatic N) is 1. The second kappa shape index (κ2) is 7.94. The fourth-order valence-corrected chi connectivity index (χ4v) is 3.76. The summed E-state index contributed by atoms with van der Waals surface area (Å²) in [6.07, 6.45) is 2.39. The Kier molecular flexibility index (Phi) is 5.21. The van der Waals surface area contributed by atoms with Gasteiger partial charge in [-0.25, -0.2) is 0 Å². The van der Waals surface area contributed by atoms with Crippen molar-refractivity contribution in [1.29, 1.82) is 0 Å². The zero-order valence-corrected chi connectivity index (χ0v) is 15.6. The number of hydrogen-bond acceptors (Lipinski definition) is 4. The molecule has 2 heterocycles. The standard InChI is InChI=1S/C22H23N3O3/c26-20(24-17-8-11-23-12-9-17)16-6-7-18-19(14-16)22(28)25(21(18)27)13-10-15-4-2-1-3-5-15/h1-7,14,17,23H,8-13H2,(H,24,26). The first kappa shape index (κ1) is 18.4. The molecule has 28 heavy (non-hydrogen) atoms. The van der Waals surface area contributed by atoms with Crippen molar-refractivity contribution in [3.05, 3.63) is 70.8 Å². The molecule has 6 heteroatoms. The van der Waals surface area contributed by atoms with Crippen LogP contribution in [0.2, 0.25) is 0 Å². The van der Waals surface area contributed by atoms with Crippen LogP contribution in [0.3, 0.4) is 0 Å². The first-order valence-corrected chi connectivity index (χ1v) is 9.69. The summed E-state index contributed by atoms with van der Waals surface area (Å²) in [5.41, 5.74) is 2.18. The Morgan fingerprint density at radius 1 is 1.00 bits per heavy atom. The van der Waals surface area contributed by atoms with E-state index in [1.165, 1.54) is 4.90 Å². The van der Waals surface area contributed by atoms with Crippen LogP contribution in [0.5, 0.6) is 0 Å². The topological polar surface area (TPSA) is 78.5 Å². The van der Waals surface area contributed by atoms with Crippen molar-refractivity contribution in [3.8, 4) is 0 Å². The van der Waals surface area contributed by atoms with Gasteiger partial charge in [-0.2, -0.15) is 0 Å². The molecule has 4 rings (SSSR count). The van der Waals surface area contributed by atoms with Gasteiger partial charge in [0.05, 0.1) is 11.1 Å². The number of nitrogens with one attached hydrogen (secondary N) is 2. The molecular weight excluding hydrogens is 354 g/mol. The summed E-state index contributed by atoms with van der Waals surface area (Å²) in [7, 11) is 0. The fourth-order valence-electron chi connectivity index (χ4n) is 3.76. The number of carbonyl (C=O) groups is 3. The van der Waals surface area contributed by atoms with Gasteiger partial charge >= 0.3 is 0 Å². The van der Waals surface area contributed by atoms with E-state index >= 15 is 0 Å². The third kappa shape index (κ3) is 3.68. The first-order valence-electron chi connectivity index (χ1n) is 9.69. The van der Waals surface area contributed by atoms with Crippen LogP contribution >= 0.6 is 0 Å². The highest BCUT2D eigenvalue weighted by molar-refractivity contribution is 6.22. The molecule has 2 aliphatic rings. The SMILES string of the molecule is O=C(NC1CCNCC1)c1ccc2c(c1)C(=O)N(CCc1ccccc1)C2=O. The van der Waals surface area contributed by atoms with Crippen molar-refractivity contribution in [1.82, 2.24) is 15.5 Å². The number of carbonyl (C=O) groups excluding carboxylic acids is 3. The molecule has 0 spiro atoms. The molecule has 0 aliphatic carbocycles. The number of piperidine rings is 1. The molecule has 6 nitrogen and oxygen atoms in total. The van der Waals surface area contributed by atoms with E-state index in [4.69, 9.17) is 0 Å². The first-order chi connectivity index (χ1) is 13.6. The lowest BCUT2D eigenvalue weighted by atomic mass is 10.0. The summed E-state index contributed by atoms with van der Waals surface area (Å²) in [5, 5.41) is 6.28. The van der Waals surface area contributed by atoms with Crippen LogP contribution in [0.25, 0.3) is 0 Å². The van der Waals surface area contributed by atoms with Gasteiger partial charge < -0.3 is 10.6 Å². The van der Waals surface area contributed by atoms with Crippen LogP contribution in [-0.4, -0.2) is 48.3 Å². The predicted molar refractivity (Wildman–Crippen MR) is 105 cm³/mol. The lowest BCUT2D eigenvalue weighted by Gasteiger charge is -2.23. The van der Waals surface area contributed by atoms with Gasteiger partial charge in [0.15, 0.2) is 0 Å². The summed E-state index contributed by atoms with van der Waals surface area (Å²) >= 11 is 0. The van der Waals surface area contributed by atoms with Crippen LogP contribution in [0, 0.1) is 0 Å². The van der Waals surface area contributed by atoms with Crippen LogP contribution in [0.4, 0.5) is 0 Å². The molecule has 1 saturated heterocycles. The van der Waals surface area contributed by atoms with Crippen molar-refractivity contribution in [3.63, 3.8) is 0 Å². The molecule has 2 aromatic rings. The van der Waals surface area contributed by atoms with E-state index in [1.807, 2.05) is 30.3 Å². The van der Waals surface area contributed by atoms with E-state index in [0.29, 0.717) is 29.7 Å². The summed E-state index contributed by atoms with van der Waals surface area (Å²) < 4.78 is 0. The van der Waals surface area contributed by atoms with Gasteiger partial charge in [-0.3, -0.25) is 19.3 Å². The van der Waals surface area contributed by atoms with Crippen molar-refractivity contribution >= 4 is 17.7 Å². The van der Waals surface area contributed by atoms with E-state index in [0.717, 1.165) is 31.5 Å². The normalized spacial score (nSPS) is 16.9. The molecule has 0 bridgehead atoms. The minimum atomic E-state index is -0.326. The lowest BCUT2D eigenvalue weighted by molar-refractivity contribution is 0.0656. The van der Waals surface area contributed by atoms with E-state index in [-0.39, 0.29) is 23.8 Å². The van der Waals surface area contributed by atoms with E-state index in [1.54, 1.807) is 18.2 Å². The number of amides is 3. The Bertz CT molecular complexity index is 904. The van der Waals surface area contributed by atoms with E-state index in [9.17, 15) is 14.4 Å². The molecular formula is C22H23N3O3. The number of hydrogen-bond donors (Lipinski definition) is 2. The van der Waals surface area contributed by atoms with Crippen molar-refractivity contribution in [2.75, 3.05) is 19.6 Å². The molecule has 0 radical (unpaired) electrons. The second-order valence-corrected chi connectivity index (χ2v) is 7.26. The third-order valence-electron chi connectivity index (χ3n) is 5.37. The van der Waals surface area contributed by atoms with Crippen molar-refractivity contribution < 1.29 is 14.4 Å². The van der Waals surface area contributed by atoms with Gasteiger partial charge in [0.2, 0.25) is 0 Å². The summed E-state index contributed by atoms with van der Waals surface area (Å²) in [6, 6.07) is 14.7. The summed E-state index contributed by atoms with van der Waals surface area (Å²) in [6.45, 7) is 2.10. The maximum absolute atomic E-state index is 12.8. The minimum absolute atomic E-state index is 0.140. The van der Waals surface area contributed by atoms with Gasteiger partial charge in [0, 0.05) is 18.2 Å². The average molecular weight is 377 g/mol. The fraction of sp³-hybridized carbons (Fsp3) is 0.318. The average Bonchev–Trinajstić information content (AvgIpc) is 2.97. The van der Waals surface area contributed by atoms with Crippen molar-refractivity contribution in [2.24, 2.45) is 0 Å². The molecule has 2 aromatic carbocycles. The minimum Gasteiger partial charge on any atom is -0.349 e. The zero-order valence-electron chi connectivity index (χ0n) is 15.6. The number of imide groups is 1. The highest BCUT2D eigenvalue weighted by atomic mass is 16.2. The molecule has 144 valence electrons. The van der Waals surface area contributed by atoms with Crippen LogP contribution in [-0.2, 0) is 6.42 Å². The number of fused-ring (bicyclic) bond motifs is 1. The maximum atomic E-state index is 12.8. The number of rotatable bonds is 5. The molecule has 3 amide bonds. The molecule has 2 aliphatic heterocycles. The van der Waals surface area contributed by atoms with Crippen molar-refractivity contribution in [2.45, 2.75) is 25.3 Å². The zero-order chi connectivity index (χ0) is 19.5. The van der Waals surface area contributed by atoms with Crippen LogP contribution in [0.1, 0.15) is 49.5 Å². The second-order valence-electron chi connectivity index (χ2n) is 7.26. The van der Waals surface area contributed by atoms with E-state index < -0.39 is 0 Å². The smallest absolute Gasteiger partial charge is 0.261 e. The molecule has 0 saturated carbocycles. The Morgan fingerprint density at radius 3 is 2.46 bits per heavy atom. The molecule has 2 N–H and O–H groups in total. The van der Waals surface area contributed by atoms with Gasteiger partial charge in [-0.1, -0.05) is 30.3 Å². The molecule has 0 aromatic heterocycles. The van der Waals surface area contributed by atoms with Crippen LogP contribution < -0.4 is 10.6 Å². The lowest BCUT2D eigenvalue weighted by Crippen LogP contribution is -2.42. The Morgan fingerprint density at radius 2 is 1.71 bits per heavy atom. The Hall–Kier alpha value is -2.99. The summed E-state index contributed by atoms with van der Waals surface area (Å²) in [4.78, 5) is 39.2. The molecule has 1 fully saturated rings. The van der Waals surface area contributed by atoms with Gasteiger partial charge in [-0.15, -0.1) is 0 Å². The Balaban J connectivity index is 1.46. The van der Waals surface area contributed by atoms with Gasteiger partial charge in [0.1, 0.15) is 0 Å². The highest BCUT2D eigenvalue weighted by Crippen LogP contribution is 2.24. The quantitative estimate of drug-likeness (QED) is 0.782.